The van der Waals surface area contributed by atoms with Crippen LogP contribution >= 0.6 is 0 Å². The van der Waals surface area contributed by atoms with Gasteiger partial charge in [-0.25, -0.2) is 4.39 Å². The number of nitrogens with one attached hydrogen (secondary N) is 1. The molecule has 0 aromatic heterocycles. The standard InChI is InChI=1S/C15H20FN3O2/c16-14-4-2-1-3-13(14)5-6-17-11-15(21)19-9-7-18(12-20)8-10-19/h1-4,12,17H,5-11H2. The Bertz CT molecular complexity index is 488. The fraction of sp³-hybridized carbons (Fsp3) is 0.467. The Morgan fingerprint density at radius 3 is 2.62 bits per heavy atom. The van der Waals surface area contributed by atoms with Gasteiger partial charge >= 0.3 is 0 Å². The molecule has 0 bridgehead atoms. The van der Waals surface area contributed by atoms with Crippen molar-refractivity contribution in [3.8, 4) is 0 Å². The normalized spacial score (nSPS) is 15.1. The Morgan fingerprint density at radius 2 is 1.95 bits per heavy atom. The molecule has 1 aliphatic heterocycles. The molecule has 21 heavy (non-hydrogen) atoms. The Morgan fingerprint density at radius 1 is 1.24 bits per heavy atom. The van der Waals surface area contributed by atoms with Crippen LogP contribution in [0.25, 0.3) is 0 Å². The summed E-state index contributed by atoms with van der Waals surface area (Å²) in [7, 11) is 0. The van der Waals surface area contributed by atoms with Crippen LogP contribution in [0.5, 0.6) is 0 Å². The first-order valence-electron chi connectivity index (χ1n) is 7.12. The van der Waals surface area contributed by atoms with Gasteiger partial charge in [0, 0.05) is 26.2 Å². The number of carbonyl (C=O) groups excluding carboxylic acids is 2. The van der Waals surface area contributed by atoms with Crippen molar-refractivity contribution < 1.29 is 14.0 Å². The summed E-state index contributed by atoms with van der Waals surface area (Å²) in [6.45, 7) is 3.13. The number of carbonyl (C=O) groups is 2. The lowest BCUT2D eigenvalue weighted by Crippen LogP contribution is -2.50. The lowest BCUT2D eigenvalue weighted by Gasteiger charge is -2.32. The maximum absolute atomic E-state index is 13.4. The molecule has 1 aromatic carbocycles. The van der Waals surface area contributed by atoms with Gasteiger partial charge in [-0.15, -0.1) is 0 Å². The van der Waals surface area contributed by atoms with E-state index in [9.17, 15) is 14.0 Å². The first kappa shape index (κ1) is 15.4. The molecule has 0 aliphatic carbocycles. The van der Waals surface area contributed by atoms with Crippen molar-refractivity contribution in [1.29, 1.82) is 0 Å². The maximum Gasteiger partial charge on any atom is 0.236 e. The van der Waals surface area contributed by atoms with Crippen LogP contribution in [0.4, 0.5) is 4.39 Å². The number of halogens is 1. The van der Waals surface area contributed by atoms with Gasteiger partial charge in [0.1, 0.15) is 5.82 Å². The van der Waals surface area contributed by atoms with Crippen molar-refractivity contribution in [2.24, 2.45) is 0 Å². The van der Waals surface area contributed by atoms with Gasteiger partial charge in [0.25, 0.3) is 0 Å². The molecule has 6 heteroatoms. The van der Waals surface area contributed by atoms with E-state index in [0.29, 0.717) is 44.7 Å². The van der Waals surface area contributed by atoms with Gasteiger partial charge in [0.05, 0.1) is 6.54 Å². The van der Waals surface area contributed by atoms with Crippen molar-refractivity contribution in [1.82, 2.24) is 15.1 Å². The maximum atomic E-state index is 13.4. The summed E-state index contributed by atoms with van der Waals surface area (Å²) in [4.78, 5) is 26.0. The molecule has 0 atom stereocenters. The minimum Gasteiger partial charge on any atom is -0.342 e. The Labute approximate surface area is 123 Å². The molecule has 5 nitrogen and oxygen atoms in total. The van der Waals surface area contributed by atoms with Gasteiger partial charge in [0.15, 0.2) is 0 Å². The van der Waals surface area contributed by atoms with Gasteiger partial charge < -0.3 is 15.1 Å². The van der Waals surface area contributed by atoms with Crippen LogP contribution in [0.15, 0.2) is 24.3 Å². The molecule has 1 saturated heterocycles. The summed E-state index contributed by atoms with van der Waals surface area (Å²) in [5, 5.41) is 3.04. The number of amides is 2. The van der Waals surface area contributed by atoms with Crippen molar-refractivity contribution in [3.63, 3.8) is 0 Å². The second-order valence-electron chi connectivity index (χ2n) is 5.04. The molecule has 1 fully saturated rings. The fourth-order valence-electron chi connectivity index (χ4n) is 2.31. The highest BCUT2D eigenvalue weighted by atomic mass is 19.1. The Kier molecular flexibility index (Phi) is 5.68. The van der Waals surface area contributed by atoms with Gasteiger partial charge in [0.2, 0.25) is 12.3 Å². The van der Waals surface area contributed by atoms with Crippen molar-refractivity contribution in [2.45, 2.75) is 6.42 Å². The minimum absolute atomic E-state index is 0.0223. The zero-order valence-corrected chi connectivity index (χ0v) is 11.9. The average Bonchev–Trinajstić information content (AvgIpc) is 2.53. The molecule has 1 N–H and O–H groups in total. The molecule has 1 aromatic rings. The third-order valence-corrected chi connectivity index (χ3v) is 3.62. The molecule has 114 valence electrons. The topological polar surface area (TPSA) is 52.7 Å². The van der Waals surface area contributed by atoms with E-state index in [4.69, 9.17) is 0 Å². The third-order valence-electron chi connectivity index (χ3n) is 3.62. The molecule has 1 heterocycles. The van der Waals surface area contributed by atoms with Crippen LogP contribution in [0.2, 0.25) is 0 Å². The number of hydrogen-bond donors (Lipinski definition) is 1. The predicted molar refractivity (Wildman–Crippen MR) is 77.2 cm³/mol. The van der Waals surface area contributed by atoms with Crippen LogP contribution in [-0.2, 0) is 16.0 Å². The van der Waals surface area contributed by atoms with E-state index >= 15 is 0 Å². The third kappa shape index (κ3) is 4.53. The molecular formula is C15H20FN3O2. The van der Waals surface area contributed by atoms with Crippen LogP contribution in [0, 0.1) is 5.82 Å². The van der Waals surface area contributed by atoms with E-state index in [1.807, 2.05) is 0 Å². The van der Waals surface area contributed by atoms with Crippen LogP contribution in [-0.4, -0.2) is 61.4 Å². The highest BCUT2D eigenvalue weighted by molar-refractivity contribution is 5.78. The minimum atomic E-state index is -0.212. The zero-order valence-electron chi connectivity index (χ0n) is 11.9. The van der Waals surface area contributed by atoms with E-state index in [2.05, 4.69) is 5.32 Å². The summed E-state index contributed by atoms with van der Waals surface area (Å²) in [6.07, 6.45) is 1.37. The van der Waals surface area contributed by atoms with E-state index in [1.54, 1.807) is 28.0 Å². The highest BCUT2D eigenvalue weighted by Gasteiger charge is 2.19. The summed E-state index contributed by atoms with van der Waals surface area (Å²) >= 11 is 0. The summed E-state index contributed by atoms with van der Waals surface area (Å²) in [5.74, 6) is -0.190. The summed E-state index contributed by atoms with van der Waals surface area (Å²) in [6, 6.07) is 6.65. The van der Waals surface area contributed by atoms with Gasteiger partial charge in [-0.2, -0.15) is 0 Å². The molecule has 2 rings (SSSR count). The second-order valence-corrected chi connectivity index (χ2v) is 5.04. The summed E-state index contributed by atoms with van der Waals surface area (Å²) < 4.78 is 13.4. The first-order chi connectivity index (χ1) is 10.2. The number of piperazine rings is 1. The molecule has 0 unspecified atom stereocenters. The molecule has 2 amide bonds. The smallest absolute Gasteiger partial charge is 0.236 e. The van der Waals surface area contributed by atoms with Gasteiger partial charge in [-0.05, 0) is 24.6 Å². The number of nitrogens with zero attached hydrogens (tertiary/aromatic N) is 2. The molecule has 0 saturated carbocycles. The molecule has 1 aliphatic rings. The largest absolute Gasteiger partial charge is 0.342 e. The van der Waals surface area contributed by atoms with E-state index in [-0.39, 0.29) is 18.3 Å². The zero-order chi connectivity index (χ0) is 15.1. The molecule has 0 spiro atoms. The van der Waals surface area contributed by atoms with Crippen molar-refractivity contribution in [3.05, 3.63) is 35.6 Å². The SMILES string of the molecule is O=CN1CCN(C(=O)CNCCc2ccccc2F)CC1. The van der Waals surface area contributed by atoms with E-state index < -0.39 is 0 Å². The lowest BCUT2D eigenvalue weighted by atomic mass is 10.1. The number of hydrogen-bond acceptors (Lipinski definition) is 3. The first-order valence-corrected chi connectivity index (χ1v) is 7.12. The molecular weight excluding hydrogens is 273 g/mol. The van der Waals surface area contributed by atoms with Crippen LogP contribution in [0.3, 0.4) is 0 Å². The second kappa shape index (κ2) is 7.73. The van der Waals surface area contributed by atoms with Crippen molar-refractivity contribution >= 4 is 12.3 Å². The Balaban J connectivity index is 1.66. The summed E-state index contributed by atoms with van der Waals surface area (Å²) in [5.41, 5.74) is 0.650. The average molecular weight is 293 g/mol. The number of benzene rings is 1. The van der Waals surface area contributed by atoms with Crippen LogP contribution in [0.1, 0.15) is 5.56 Å². The number of rotatable bonds is 6. The van der Waals surface area contributed by atoms with E-state index in [0.717, 1.165) is 6.41 Å². The van der Waals surface area contributed by atoms with E-state index in [1.165, 1.54) is 6.07 Å². The predicted octanol–water partition coefficient (Wildman–Crippen LogP) is 0.258. The monoisotopic (exact) mass is 293 g/mol. The van der Waals surface area contributed by atoms with Gasteiger partial charge in [-0.1, -0.05) is 18.2 Å². The lowest BCUT2D eigenvalue weighted by molar-refractivity contribution is -0.134. The van der Waals surface area contributed by atoms with Crippen molar-refractivity contribution in [2.75, 3.05) is 39.3 Å². The van der Waals surface area contributed by atoms with Gasteiger partial charge in [-0.3, -0.25) is 9.59 Å². The molecule has 0 radical (unpaired) electrons. The van der Waals surface area contributed by atoms with Crippen LogP contribution < -0.4 is 5.32 Å². The Hall–Kier alpha value is -1.95. The fourth-order valence-corrected chi connectivity index (χ4v) is 2.31. The quantitative estimate of drug-likeness (QED) is 0.604. The highest BCUT2D eigenvalue weighted by Crippen LogP contribution is 2.06.